The summed E-state index contributed by atoms with van der Waals surface area (Å²) >= 11 is 1.40. The number of carbonyl (C=O) groups excluding carboxylic acids is 1. The van der Waals surface area contributed by atoms with Crippen molar-refractivity contribution < 1.29 is 13.9 Å². The fraction of sp³-hybridized carbons (Fsp3) is 0.474. The molecule has 2 aromatic rings. The van der Waals surface area contributed by atoms with Gasteiger partial charge in [0.05, 0.1) is 24.1 Å². The molecule has 1 amide bonds. The molecule has 0 saturated carbocycles. The molecule has 0 spiro atoms. The number of aryl methyl sites for hydroxylation is 1. The summed E-state index contributed by atoms with van der Waals surface area (Å²) in [5.74, 6) is -0.199. The van der Waals surface area contributed by atoms with E-state index >= 15 is 0 Å². The number of thioether (sulfide) groups is 1. The minimum atomic E-state index is -0.307. The number of halogens is 1. The highest BCUT2D eigenvalue weighted by Crippen LogP contribution is 2.24. The molecule has 0 bridgehead atoms. The van der Waals surface area contributed by atoms with Crippen LogP contribution >= 0.6 is 11.8 Å². The number of imidazole rings is 1. The van der Waals surface area contributed by atoms with Crippen molar-refractivity contribution in [3.63, 3.8) is 0 Å². The zero-order valence-corrected chi connectivity index (χ0v) is 15.9. The molecule has 140 valence electrons. The highest BCUT2D eigenvalue weighted by molar-refractivity contribution is 7.99. The molecule has 7 heteroatoms. The summed E-state index contributed by atoms with van der Waals surface area (Å²) in [6.45, 7) is 5.79. The molecule has 1 aliphatic heterocycles. The SMILES string of the molecule is Cc1nc(SCC(=O)NCc2ccccc2F)n(C[C@@H]2CCCO2)c1C. The number of carbonyl (C=O) groups is 1. The number of nitrogens with one attached hydrogen (secondary N) is 1. The van der Waals surface area contributed by atoms with Crippen molar-refractivity contribution in [3.05, 3.63) is 47.0 Å². The zero-order valence-electron chi connectivity index (χ0n) is 15.1. The first-order valence-electron chi connectivity index (χ1n) is 8.83. The van der Waals surface area contributed by atoms with Crippen LogP contribution in [-0.4, -0.2) is 33.9 Å². The number of nitrogens with zero attached hydrogens (tertiary/aromatic N) is 2. The summed E-state index contributed by atoms with van der Waals surface area (Å²) < 4.78 is 21.5. The van der Waals surface area contributed by atoms with Gasteiger partial charge in [-0.1, -0.05) is 30.0 Å². The van der Waals surface area contributed by atoms with Gasteiger partial charge in [0.1, 0.15) is 5.82 Å². The van der Waals surface area contributed by atoms with E-state index in [2.05, 4.69) is 14.9 Å². The molecule has 0 unspecified atom stereocenters. The molecule has 1 fully saturated rings. The Morgan fingerprint density at radius 1 is 1.42 bits per heavy atom. The number of hydrogen-bond acceptors (Lipinski definition) is 4. The summed E-state index contributed by atoms with van der Waals surface area (Å²) in [7, 11) is 0. The Bertz CT molecular complexity index is 772. The summed E-state index contributed by atoms with van der Waals surface area (Å²) in [6, 6.07) is 6.45. The Morgan fingerprint density at radius 2 is 2.23 bits per heavy atom. The van der Waals surface area contributed by atoms with Crippen LogP contribution in [0.3, 0.4) is 0 Å². The third kappa shape index (κ3) is 4.65. The predicted octanol–water partition coefficient (Wildman–Crippen LogP) is 3.23. The van der Waals surface area contributed by atoms with E-state index < -0.39 is 0 Å². The highest BCUT2D eigenvalue weighted by Gasteiger charge is 2.20. The molecule has 1 aromatic carbocycles. The smallest absolute Gasteiger partial charge is 0.230 e. The third-order valence-corrected chi connectivity index (χ3v) is 5.58. The number of aromatic nitrogens is 2. The molecule has 2 heterocycles. The monoisotopic (exact) mass is 377 g/mol. The maximum Gasteiger partial charge on any atom is 0.230 e. The first-order valence-corrected chi connectivity index (χ1v) is 9.81. The van der Waals surface area contributed by atoms with Gasteiger partial charge < -0.3 is 14.6 Å². The average molecular weight is 377 g/mol. The molecule has 1 aliphatic rings. The van der Waals surface area contributed by atoms with E-state index in [1.807, 2.05) is 13.8 Å². The Balaban J connectivity index is 1.56. The van der Waals surface area contributed by atoms with E-state index in [1.165, 1.54) is 17.8 Å². The quantitative estimate of drug-likeness (QED) is 0.753. The molecule has 5 nitrogen and oxygen atoms in total. The Kier molecular flexibility index (Phi) is 6.32. The van der Waals surface area contributed by atoms with Crippen LogP contribution in [-0.2, 0) is 22.6 Å². The van der Waals surface area contributed by atoms with Crippen molar-refractivity contribution in [3.8, 4) is 0 Å². The Morgan fingerprint density at radius 3 is 2.96 bits per heavy atom. The van der Waals surface area contributed by atoms with Crippen LogP contribution in [0.2, 0.25) is 0 Å². The van der Waals surface area contributed by atoms with Gasteiger partial charge in [0.25, 0.3) is 0 Å². The largest absolute Gasteiger partial charge is 0.376 e. The molecule has 1 saturated heterocycles. The van der Waals surface area contributed by atoms with E-state index in [-0.39, 0.29) is 30.1 Å². The van der Waals surface area contributed by atoms with E-state index in [4.69, 9.17) is 4.74 Å². The summed E-state index contributed by atoms with van der Waals surface area (Å²) in [4.78, 5) is 16.7. The maximum atomic E-state index is 13.6. The average Bonchev–Trinajstić information content (AvgIpc) is 3.23. The third-order valence-electron chi connectivity index (χ3n) is 4.60. The molecular weight excluding hydrogens is 353 g/mol. The molecule has 26 heavy (non-hydrogen) atoms. The van der Waals surface area contributed by atoms with Crippen LogP contribution in [0.25, 0.3) is 0 Å². The Labute approximate surface area is 157 Å². The number of ether oxygens (including phenoxy) is 1. The van der Waals surface area contributed by atoms with Gasteiger partial charge in [0.15, 0.2) is 5.16 Å². The highest BCUT2D eigenvalue weighted by atomic mass is 32.2. The standard InChI is InChI=1S/C19H24FN3O2S/c1-13-14(2)23(11-16-7-5-9-25-16)19(22-13)26-12-18(24)21-10-15-6-3-4-8-17(15)20/h3-4,6,8,16H,5,7,9-12H2,1-2H3,(H,21,24)/t16-/m0/s1. The van der Waals surface area contributed by atoms with Crippen molar-refractivity contribution in [2.45, 2.75) is 51.0 Å². The van der Waals surface area contributed by atoms with Crippen LogP contribution < -0.4 is 5.32 Å². The van der Waals surface area contributed by atoms with Crippen molar-refractivity contribution in [2.24, 2.45) is 0 Å². The molecule has 0 radical (unpaired) electrons. The summed E-state index contributed by atoms with van der Waals surface area (Å²) in [5, 5.41) is 3.59. The number of benzene rings is 1. The van der Waals surface area contributed by atoms with Crippen molar-refractivity contribution >= 4 is 17.7 Å². The minimum absolute atomic E-state index is 0.139. The second kappa shape index (κ2) is 8.68. The summed E-state index contributed by atoms with van der Waals surface area (Å²) in [5.41, 5.74) is 2.56. The van der Waals surface area contributed by atoms with Crippen LogP contribution in [0.5, 0.6) is 0 Å². The van der Waals surface area contributed by atoms with Crippen molar-refractivity contribution in [2.75, 3.05) is 12.4 Å². The minimum Gasteiger partial charge on any atom is -0.376 e. The molecule has 3 rings (SSSR count). The first-order chi connectivity index (χ1) is 12.5. The number of amides is 1. The normalized spacial score (nSPS) is 16.8. The fourth-order valence-electron chi connectivity index (χ4n) is 2.96. The second-order valence-electron chi connectivity index (χ2n) is 6.47. The van der Waals surface area contributed by atoms with Crippen LogP contribution in [0.15, 0.2) is 29.4 Å². The lowest BCUT2D eigenvalue weighted by Gasteiger charge is -2.14. The van der Waals surface area contributed by atoms with Gasteiger partial charge in [0, 0.05) is 24.4 Å². The van der Waals surface area contributed by atoms with Gasteiger partial charge in [-0.15, -0.1) is 0 Å². The molecule has 1 aromatic heterocycles. The van der Waals surface area contributed by atoms with Crippen molar-refractivity contribution in [1.82, 2.24) is 14.9 Å². The lowest BCUT2D eigenvalue weighted by molar-refractivity contribution is -0.118. The first kappa shape index (κ1) is 18.9. The fourth-order valence-corrected chi connectivity index (χ4v) is 3.89. The van der Waals surface area contributed by atoms with E-state index in [9.17, 15) is 9.18 Å². The molecular formula is C19H24FN3O2S. The van der Waals surface area contributed by atoms with Gasteiger partial charge in [0.2, 0.25) is 5.91 Å². The van der Waals surface area contributed by atoms with Crippen molar-refractivity contribution in [1.29, 1.82) is 0 Å². The van der Waals surface area contributed by atoms with Gasteiger partial charge >= 0.3 is 0 Å². The van der Waals surface area contributed by atoms with E-state index in [0.717, 1.165) is 42.5 Å². The van der Waals surface area contributed by atoms with Gasteiger partial charge in [-0.2, -0.15) is 0 Å². The lowest BCUT2D eigenvalue weighted by atomic mass is 10.2. The number of rotatable bonds is 7. The van der Waals surface area contributed by atoms with E-state index in [0.29, 0.717) is 5.56 Å². The lowest BCUT2D eigenvalue weighted by Crippen LogP contribution is -2.25. The molecule has 0 aliphatic carbocycles. The molecule has 1 N–H and O–H groups in total. The maximum absolute atomic E-state index is 13.6. The van der Waals surface area contributed by atoms with Gasteiger partial charge in [-0.25, -0.2) is 9.37 Å². The van der Waals surface area contributed by atoms with Crippen LogP contribution in [0.4, 0.5) is 4.39 Å². The van der Waals surface area contributed by atoms with Crippen LogP contribution in [0, 0.1) is 19.7 Å². The van der Waals surface area contributed by atoms with Crippen LogP contribution in [0.1, 0.15) is 29.8 Å². The zero-order chi connectivity index (χ0) is 18.5. The van der Waals surface area contributed by atoms with E-state index in [1.54, 1.807) is 18.2 Å². The number of hydrogen-bond donors (Lipinski definition) is 1. The second-order valence-corrected chi connectivity index (χ2v) is 7.41. The Hall–Kier alpha value is -1.86. The van der Waals surface area contributed by atoms with Gasteiger partial charge in [-0.3, -0.25) is 4.79 Å². The van der Waals surface area contributed by atoms with Gasteiger partial charge in [-0.05, 0) is 32.8 Å². The molecule has 1 atom stereocenters. The summed E-state index contributed by atoms with van der Waals surface area (Å²) in [6.07, 6.45) is 2.37. The topological polar surface area (TPSA) is 56.2 Å². The predicted molar refractivity (Wildman–Crippen MR) is 99.6 cm³/mol.